The fourth-order valence-electron chi connectivity index (χ4n) is 5.06. The molecular formula is C29H36FN5O3S. The number of ether oxygens (including phenoxy) is 2. The number of nitrogens with zero attached hydrogens (tertiary/aromatic N) is 2. The van der Waals surface area contributed by atoms with Crippen LogP contribution in [0.3, 0.4) is 0 Å². The molecule has 0 aliphatic carbocycles. The van der Waals surface area contributed by atoms with Crippen molar-refractivity contribution >= 4 is 34.5 Å². The summed E-state index contributed by atoms with van der Waals surface area (Å²) in [6, 6.07) is 10.8. The molecule has 0 saturated carbocycles. The summed E-state index contributed by atoms with van der Waals surface area (Å²) < 4.78 is 27.6. The third-order valence-electron chi connectivity index (χ3n) is 7.05. The number of hydrazine groups is 1. The van der Waals surface area contributed by atoms with E-state index < -0.39 is 11.8 Å². The number of aromatic amines is 1. The Morgan fingerprint density at radius 1 is 1.28 bits per heavy atom. The highest BCUT2D eigenvalue weighted by Gasteiger charge is 2.24. The Morgan fingerprint density at radius 2 is 2.08 bits per heavy atom. The molecule has 0 amide bonds. The second kappa shape index (κ2) is 11.9. The van der Waals surface area contributed by atoms with Gasteiger partial charge in [0.1, 0.15) is 17.3 Å². The van der Waals surface area contributed by atoms with Crippen molar-refractivity contribution in [2.24, 2.45) is 23.4 Å². The van der Waals surface area contributed by atoms with E-state index in [2.05, 4.69) is 27.5 Å². The van der Waals surface area contributed by atoms with E-state index in [0.29, 0.717) is 28.9 Å². The predicted molar refractivity (Wildman–Crippen MR) is 152 cm³/mol. The molecular weight excluding hydrogens is 517 g/mol. The van der Waals surface area contributed by atoms with Crippen molar-refractivity contribution in [1.82, 2.24) is 14.3 Å². The fraction of sp³-hybridized carbons (Fsp3) is 0.414. The number of carbonyl (C=O) groups is 1. The quantitative estimate of drug-likeness (QED) is 0.148. The average Bonchev–Trinajstić information content (AvgIpc) is 3.52. The number of halogens is 1. The number of fused-ring (bicyclic) bond motifs is 2. The lowest BCUT2D eigenvalue weighted by atomic mass is 9.98. The molecule has 0 radical (unpaired) electrons. The van der Waals surface area contributed by atoms with Gasteiger partial charge in [-0.2, -0.15) is 0 Å². The van der Waals surface area contributed by atoms with Gasteiger partial charge in [-0.3, -0.25) is 0 Å². The smallest absolute Gasteiger partial charge is 0.355 e. The Labute approximate surface area is 232 Å². The zero-order valence-corrected chi connectivity index (χ0v) is 23.2. The van der Waals surface area contributed by atoms with Gasteiger partial charge in [-0.1, -0.05) is 19.9 Å². The van der Waals surface area contributed by atoms with E-state index in [1.807, 2.05) is 13.8 Å². The van der Waals surface area contributed by atoms with E-state index >= 15 is 0 Å². The zero-order valence-electron chi connectivity index (χ0n) is 22.4. The summed E-state index contributed by atoms with van der Waals surface area (Å²) in [6.07, 6.45) is 4.61. The van der Waals surface area contributed by atoms with Crippen LogP contribution in [0.15, 0.2) is 47.5 Å². The average molecular weight is 554 g/mol. The minimum absolute atomic E-state index is 0.180. The van der Waals surface area contributed by atoms with E-state index in [1.54, 1.807) is 29.2 Å². The Balaban J connectivity index is 1.22. The van der Waals surface area contributed by atoms with E-state index in [1.165, 1.54) is 22.6 Å². The van der Waals surface area contributed by atoms with E-state index in [0.717, 1.165) is 44.7 Å². The van der Waals surface area contributed by atoms with Crippen LogP contribution in [0.4, 0.5) is 4.39 Å². The number of esters is 1. The van der Waals surface area contributed by atoms with Gasteiger partial charge in [0, 0.05) is 53.6 Å². The summed E-state index contributed by atoms with van der Waals surface area (Å²) in [7, 11) is 0. The molecule has 1 saturated heterocycles. The van der Waals surface area contributed by atoms with E-state index in [9.17, 15) is 9.18 Å². The van der Waals surface area contributed by atoms with Gasteiger partial charge in [0.25, 0.3) is 0 Å². The molecule has 0 atom stereocenters. The first-order valence-corrected chi connectivity index (χ1v) is 14.2. The fourth-order valence-corrected chi connectivity index (χ4v) is 6.04. The lowest BCUT2D eigenvalue weighted by Crippen LogP contribution is -2.37. The number of hydrogen-bond acceptors (Lipinski definition) is 8. The maximum absolute atomic E-state index is 14.1. The van der Waals surface area contributed by atoms with Crippen LogP contribution < -0.4 is 16.3 Å². The highest BCUT2D eigenvalue weighted by atomic mass is 32.2. The molecule has 0 bridgehead atoms. The second-order valence-electron chi connectivity index (χ2n) is 10.7. The lowest BCUT2D eigenvalue weighted by Gasteiger charge is -2.32. The van der Waals surface area contributed by atoms with Crippen LogP contribution in [-0.4, -0.2) is 53.1 Å². The van der Waals surface area contributed by atoms with Gasteiger partial charge >= 0.3 is 5.97 Å². The van der Waals surface area contributed by atoms with Gasteiger partial charge in [-0.05, 0) is 72.5 Å². The molecule has 3 heterocycles. The molecule has 0 spiro atoms. The number of nitrogens with two attached hydrogens (primary N) is 2. The van der Waals surface area contributed by atoms with Crippen molar-refractivity contribution < 1.29 is 18.7 Å². The summed E-state index contributed by atoms with van der Waals surface area (Å²) in [5.41, 5.74) is 9.22. The second-order valence-corrected chi connectivity index (χ2v) is 11.8. The normalized spacial score (nSPS) is 16.5. The van der Waals surface area contributed by atoms with Gasteiger partial charge in [0.2, 0.25) is 0 Å². The number of carbonyl (C=O) groups excluding carboxylic acids is 1. The number of aromatic nitrogens is 1. The Morgan fingerprint density at radius 3 is 2.85 bits per heavy atom. The number of piperidine rings is 1. The lowest BCUT2D eigenvalue weighted by molar-refractivity contribution is 0.0452. The molecule has 39 heavy (non-hydrogen) atoms. The van der Waals surface area contributed by atoms with Crippen LogP contribution in [0.5, 0.6) is 5.75 Å². The van der Waals surface area contributed by atoms with Gasteiger partial charge in [0.05, 0.1) is 18.9 Å². The van der Waals surface area contributed by atoms with E-state index in [-0.39, 0.29) is 23.9 Å². The van der Waals surface area contributed by atoms with Crippen molar-refractivity contribution in [3.63, 3.8) is 0 Å². The van der Waals surface area contributed by atoms with Crippen LogP contribution in [0.25, 0.3) is 16.6 Å². The number of H-pyrrole nitrogens is 1. The number of benzene rings is 2. The van der Waals surface area contributed by atoms with E-state index in [4.69, 9.17) is 21.1 Å². The number of rotatable bonds is 9. The minimum atomic E-state index is -0.532. The SMILES string of the molecule is CC(C)COC(=O)c1[nH]c2ccc(F)cc2c1/C(N)=C/N(N)CC1CCN(Sc2ccc3c(c2)OCC3)CC1. The summed E-state index contributed by atoms with van der Waals surface area (Å²) in [5, 5.41) is 2.08. The molecule has 208 valence electrons. The third kappa shape index (κ3) is 6.51. The highest BCUT2D eigenvalue weighted by Crippen LogP contribution is 2.34. The first-order valence-electron chi connectivity index (χ1n) is 13.4. The first-order chi connectivity index (χ1) is 18.8. The van der Waals surface area contributed by atoms with Gasteiger partial charge in [-0.25, -0.2) is 19.3 Å². The number of nitrogens with one attached hydrogen (secondary N) is 1. The molecule has 0 unspecified atom stereocenters. The maximum Gasteiger partial charge on any atom is 0.355 e. The van der Waals surface area contributed by atoms with Crippen molar-refractivity contribution in [2.75, 3.05) is 32.8 Å². The van der Waals surface area contributed by atoms with Crippen LogP contribution in [0.1, 0.15) is 48.3 Å². The zero-order chi connectivity index (χ0) is 27.5. The van der Waals surface area contributed by atoms with Crippen LogP contribution in [0, 0.1) is 17.7 Å². The third-order valence-corrected chi connectivity index (χ3v) is 8.14. The maximum atomic E-state index is 14.1. The first kappa shape index (κ1) is 27.4. The van der Waals surface area contributed by atoms with Crippen LogP contribution in [-0.2, 0) is 11.2 Å². The summed E-state index contributed by atoms with van der Waals surface area (Å²) >= 11 is 1.77. The predicted octanol–water partition coefficient (Wildman–Crippen LogP) is 4.91. The largest absolute Gasteiger partial charge is 0.493 e. The highest BCUT2D eigenvalue weighted by molar-refractivity contribution is 7.97. The van der Waals surface area contributed by atoms with Gasteiger partial charge in [-0.15, -0.1) is 0 Å². The van der Waals surface area contributed by atoms with Crippen LogP contribution in [0.2, 0.25) is 0 Å². The summed E-state index contributed by atoms with van der Waals surface area (Å²) in [6.45, 7) is 7.48. The molecule has 5 rings (SSSR count). The molecule has 2 aliphatic heterocycles. The standard InChI is InChI=1S/C29H36FN5O3S/c1-18(2)17-38-29(36)28-27(23-13-21(30)4-6-25(23)33-28)24(31)16-34(32)15-19-7-10-35(11-8-19)39-22-5-3-20-9-12-37-26(20)14-22/h3-6,13-14,16,18-19,33H,7-12,15,17,31-32H2,1-2H3/b24-16-. The number of hydrogen-bond donors (Lipinski definition) is 3. The molecule has 3 aromatic rings. The molecule has 8 nitrogen and oxygen atoms in total. The van der Waals surface area contributed by atoms with Crippen molar-refractivity contribution in [2.45, 2.75) is 38.0 Å². The van der Waals surface area contributed by atoms with Crippen LogP contribution >= 0.6 is 11.9 Å². The van der Waals surface area contributed by atoms with Crippen molar-refractivity contribution in [1.29, 1.82) is 0 Å². The van der Waals surface area contributed by atoms with Crippen molar-refractivity contribution in [3.05, 3.63) is 65.2 Å². The Kier molecular flexibility index (Phi) is 8.34. The summed E-state index contributed by atoms with van der Waals surface area (Å²) in [4.78, 5) is 17.1. The van der Waals surface area contributed by atoms with Gasteiger partial charge in [0.15, 0.2) is 0 Å². The Bertz CT molecular complexity index is 1370. The summed E-state index contributed by atoms with van der Waals surface area (Å²) in [5.74, 6) is 7.00. The monoisotopic (exact) mass is 553 g/mol. The molecule has 2 aromatic carbocycles. The van der Waals surface area contributed by atoms with Crippen molar-refractivity contribution in [3.8, 4) is 5.75 Å². The molecule has 10 heteroatoms. The molecule has 2 aliphatic rings. The van der Waals surface area contributed by atoms with Gasteiger partial charge < -0.3 is 25.2 Å². The minimum Gasteiger partial charge on any atom is -0.493 e. The Hall–Kier alpha value is -3.21. The molecule has 1 fully saturated rings. The molecule has 5 N–H and O–H groups in total. The molecule has 1 aromatic heterocycles. The topological polar surface area (TPSA) is 110 Å².